The zero-order valence-electron chi connectivity index (χ0n) is 18.5. The van der Waals surface area contributed by atoms with Gasteiger partial charge in [-0.05, 0) is 37.5 Å². The van der Waals surface area contributed by atoms with Gasteiger partial charge in [-0.25, -0.2) is 4.79 Å². The van der Waals surface area contributed by atoms with Crippen molar-refractivity contribution in [2.24, 2.45) is 0 Å². The van der Waals surface area contributed by atoms with Crippen LogP contribution in [0.15, 0.2) is 6.07 Å². The number of fused-ring (bicyclic) bond motifs is 3. The van der Waals surface area contributed by atoms with Gasteiger partial charge in [0, 0.05) is 24.0 Å². The Morgan fingerprint density at radius 2 is 1.93 bits per heavy atom. The molecule has 0 radical (unpaired) electrons. The van der Waals surface area contributed by atoms with E-state index in [9.17, 15) is 14.7 Å². The van der Waals surface area contributed by atoms with Gasteiger partial charge in [-0.3, -0.25) is 4.79 Å². The Morgan fingerprint density at radius 3 is 2.50 bits per heavy atom. The minimum Gasteiger partial charge on any atom is -0.496 e. The molecule has 2 heterocycles. The standard InChI is InChI=1S/C22H32O7Si/c1-6-30(7-2,8-3)29-18-12-15-17(26-5)11-14-16(13-27-21(14)25)20(15)28-22(18,4)10-9-19(23)24/h11,18H,6-10,12-13H2,1-5H3,(H,23,24)/t18?,22-/m0/s1. The van der Waals surface area contributed by atoms with Crippen LogP contribution in [0.3, 0.4) is 0 Å². The Bertz CT molecular complexity index is 825. The molecule has 2 aliphatic heterocycles. The van der Waals surface area contributed by atoms with Gasteiger partial charge in [-0.1, -0.05) is 20.8 Å². The molecule has 3 rings (SSSR count). The number of carboxylic acid groups (broad SMARTS) is 1. The lowest BCUT2D eigenvalue weighted by molar-refractivity contribution is -0.139. The van der Waals surface area contributed by atoms with E-state index >= 15 is 0 Å². The summed E-state index contributed by atoms with van der Waals surface area (Å²) in [4.78, 5) is 23.5. The summed E-state index contributed by atoms with van der Waals surface area (Å²) in [7, 11) is -0.408. The summed E-state index contributed by atoms with van der Waals surface area (Å²) in [6.45, 7) is 8.58. The number of hydrogen-bond acceptors (Lipinski definition) is 6. The van der Waals surface area contributed by atoms with Crippen LogP contribution in [-0.2, 0) is 27.0 Å². The SMILES string of the molecule is CC[Si](CC)(CC)OC1Cc2c(OC)cc3c(c2O[C@@]1(C)CCC(=O)O)COC3=O. The molecule has 2 aliphatic rings. The van der Waals surface area contributed by atoms with E-state index < -0.39 is 25.9 Å². The maximum absolute atomic E-state index is 12.1. The molecule has 0 aliphatic carbocycles. The predicted octanol–water partition coefficient (Wildman–Crippen LogP) is 4.31. The molecular weight excluding hydrogens is 404 g/mol. The van der Waals surface area contributed by atoms with Crippen LogP contribution >= 0.6 is 0 Å². The number of carbonyl (C=O) groups excluding carboxylic acids is 1. The van der Waals surface area contributed by atoms with E-state index in [0.29, 0.717) is 35.5 Å². The monoisotopic (exact) mass is 436 g/mol. The van der Waals surface area contributed by atoms with Crippen LogP contribution in [0, 0.1) is 0 Å². The van der Waals surface area contributed by atoms with Crippen LogP contribution in [0.4, 0.5) is 0 Å². The Morgan fingerprint density at radius 1 is 1.27 bits per heavy atom. The largest absolute Gasteiger partial charge is 0.496 e. The number of ether oxygens (including phenoxy) is 3. The highest BCUT2D eigenvalue weighted by Crippen LogP contribution is 2.47. The molecule has 0 aromatic heterocycles. The zero-order chi connectivity index (χ0) is 22.1. The van der Waals surface area contributed by atoms with Gasteiger partial charge < -0.3 is 23.7 Å². The zero-order valence-corrected chi connectivity index (χ0v) is 19.5. The number of carboxylic acids is 1. The van der Waals surface area contributed by atoms with Crippen molar-refractivity contribution in [3.05, 3.63) is 22.8 Å². The van der Waals surface area contributed by atoms with Crippen molar-refractivity contribution in [1.29, 1.82) is 0 Å². The Kier molecular flexibility index (Phi) is 6.47. The fourth-order valence-corrected chi connectivity index (χ4v) is 7.43. The van der Waals surface area contributed by atoms with E-state index in [-0.39, 0.29) is 19.1 Å². The third-order valence-corrected chi connectivity index (χ3v) is 11.5. The Balaban J connectivity index is 2.08. The number of rotatable bonds is 9. The van der Waals surface area contributed by atoms with E-state index in [4.69, 9.17) is 18.6 Å². The van der Waals surface area contributed by atoms with E-state index in [1.54, 1.807) is 13.2 Å². The normalized spacial score (nSPS) is 22.7. The van der Waals surface area contributed by atoms with Gasteiger partial charge in [0.25, 0.3) is 0 Å². The molecule has 0 saturated carbocycles. The van der Waals surface area contributed by atoms with Crippen LogP contribution in [0.1, 0.15) is 62.0 Å². The molecule has 2 atom stereocenters. The average Bonchev–Trinajstić information content (AvgIpc) is 3.11. The molecule has 0 spiro atoms. The second-order valence-corrected chi connectivity index (χ2v) is 13.1. The highest BCUT2D eigenvalue weighted by atomic mass is 28.4. The molecule has 1 N–H and O–H groups in total. The fraction of sp³-hybridized carbons (Fsp3) is 0.636. The molecular formula is C22H32O7Si. The Labute approximate surface area is 178 Å². The first kappa shape index (κ1) is 22.6. The van der Waals surface area contributed by atoms with Gasteiger partial charge >= 0.3 is 11.9 Å². The number of cyclic esters (lactones) is 1. The van der Waals surface area contributed by atoms with Crippen LogP contribution in [0.5, 0.6) is 11.5 Å². The molecule has 1 aromatic carbocycles. The average molecular weight is 437 g/mol. The van der Waals surface area contributed by atoms with Gasteiger partial charge in [0.1, 0.15) is 23.7 Å². The molecule has 1 unspecified atom stereocenters. The number of aliphatic carboxylic acids is 1. The van der Waals surface area contributed by atoms with Crippen molar-refractivity contribution < 1.29 is 33.3 Å². The number of methoxy groups -OCH3 is 1. The summed E-state index contributed by atoms with van der Waals surface area (Å²) in [6.07, 6.45) is 0.548. The number of benzene rings is 1. The summed E-state index contributed by atoms with van der Waals surface area (Å²) >= 11 is 0. The minimum absolute atomic E-state index is 0.0216. The maximum Gasteiger partial charge on any atom is 0.339 e. The lowest BCUT2D eigenvalue weighted by atomic mass is 9.84. The summed E-state index contributed by atoms with van der Waals surface area (Å²) < 4.78 is 24.2. The van der Waals surface area contributed by atoms with Crippen LogP contribution in [-0.4, -0.2) is 44.2 Å². The van der Waals surface area contributed by atoms with Crippen molar-refractivity contribution in [1.82, 2.24) is 0 Å². The van der Waals surface area contributed by atoms with Crippen molar-refractivity contribution in [3.8, 4) is 11.5 Å². The smallest absolute Gasteiger partial charge is 0.339 e. The first-order valence-electron chi connectivity index (χ1n) is 10.7. The molecule has 0 bridgehead atoms. The maximum atomic E-state index is 12.1. The fourth-order valence-electron chi connectivity index (χ4n) is 4.50. The number of esters is 1. The molecule has 8 heteroatoms. The Hall–Kier alpha value is -2.06. The molecule has 1 aromatic rings. The van der Waals surface area contributed by atoms with Crippen LogP contribution in [0.25, 0.3) is 0 Å². The third kappa shape index (κ3) is 3.95. The summed E-state index contributed by atoms with van der Waals surface area (Å²) in [5, 5.41) is 9.31. The molecule has 0 amide bonds. The van der Waals surface area contributed by atoms with Gasteiger partial charge in [0.2, 0.25) is 0 Å². The topological polar surface area (TPSA) is 91.3 Å². The second kappa shape index (κ2) is 8.59. The van der Waals surface area contributed by atoms with Gasteiger partial charge in [0.05, 0.1) is 18.8 Å². The quantitative estimate of drug-likeness (QED) is 0.455. The third-order valence-electron chi connectivity index (χ3n) is 6.80. The molecule has 30 heavy (non-hydrogen) atoms. The molecule has 7 nitrogen and oxygen atoms in total. The highest BCUT2D eigenvalue weighted by molar-refractivity contribution is 6.73. The predicted molar refractivity (Wildman–Crippen MR) is 114 cm³/mol. The highest BCUT2D eigenvalue weighted by Gasteiger charge is 2.48. The van der Waals surface area contributed by atoms with E-state index in [1.165, 1.54) is 0 Å². The lowest BCUT2D eigenvalue weighted by Gasteiger charge is -2.46. The van der Waals surface area contributed by atoms with E-state index in [2.05, 4.69) is 20.8 Å². The number of carbonyl (C=O) groups is 2. The number of hydrogen-bond donors (Lipinski definition) is 1. The van der Waals surface area contributed by atoms with Gasteiger partial charge in [0.15, 0.2) is 8.32 Å². The molecule has 166 valence electrons. The second-order valence-electron chi connectivity index (χ2n) is 8.35. The molecule has 0 saturated heterocycles. The van der Waals surface area contributed by atoms with Crippen LogP contribution in [0.2, 0.25) is 18.1 Å². The van der Waals surface area contributed by atoms with Gasteiger partial charge in [-0.2, -0.15) is 0 Å². The van der Waals surface area contributed by atoms with Crippen molar-refractivity contribution >= 4 is 20.3 Å². The molecule has 0 fully saturated rings. The van der Waals surface area contributed by atoms with E-state index in [1.807, 2.05) is 6.92 Å². The first-order chi connectivity index (χ1) is 14.2. The summed E-state index contributed by atoms with van der Waals surface area (Å²) in [5.74, 6) is -0.105. The van der Waals surface area contributed by atoms with Gasteiger partial charge in [-0.15, -0.1) is 0 Å². The lowest BCUT2D eigenvalue weighted by Crippen LogP contribution is -2.55. The summed E-state index contributed by atoms with van der Waals surface area (Å²) in [6, 6.07) is 4.68. The summed E-state index contributed by atoms with van der Waals surface area (Å²) in [5.41, 5.74) is 1.19. The first-order valence-corrected chi connectivity index (χ1v) is 13.2. The van der Waals surface area contributed by atoms with E-state index in [0.717, 1.165) is 23.7 Å². The minimum atomic E-state index is -1.98. The van der Waals surface area contributed by atoms with Crippen LogP contribution < -0.4 is 9.47 Å². The van der Waals surface area contributed by atoms with Crippen molar-refractivity contribution in [2.45, 2.75) is 83.4 Å². The van der Waals surface area contributed by atoms with Crippen molar-refractivity contribution in [3.63, 3.8) is 0 Å². The van der Waals surface area contributed by atoms with Crippen molar-refractivity contribution in [2.75, 3.05) is 7.11 Å².